The smallest absolute Gasteiger partial charge is 0.189 e. The Morgan fingerprint density at radius 1 is 1.06 bits per heavy atom. The number of nitrogens with zero attached hydrogens (tertiary/aromatic N) is 2. The van der Waals surface area contributed by atoms with Gasteiger partial charge in [-0.25, -0.2) is 4.99 Å². The number of hydrogen-bond donors (Lipinski definition) is 2. The Morgan fingerprint density at radius 3 is 2.42 bits per heavy atom. The number of methoxy groups -OCH3 is 2. The minimum absolute atomic E-state index is 0. The van der Waals surface area contributed by atoms with E-state index in [1.54, 1.807) is 14.2 Å². The molecule has 31 heavy (non-hydrogen) atoms. The van der Waals surface area contributed by atoms with Gasteiger partial charge < -0.3 is 20.5 Å². The summed E-state index contributed by atoms with van der Waals surface area (Å²) in [6.45, 7) is 6.84. The van der Waals surface area contributed by atoms with Crippen molar-refractivity contribution in [3.8, 4) is 11.5 Å². The molecule has 2 aromatic carbocycles. The van der Waals surface area contributed by atoms with Crippen LogP contribution >= 0.6 is 24.0 Å². The summed E-state index contributed by atoms with van der Waals surface area (Å²) in [6.07, 6.45) is 2.58. The van der Waals surface area contributed by atoms with Crippen LogP contribution in [0.3, 0.4) is 0 Å². The van der Waals surface area contributed by atoms with Crippen molar-refractivity contribution in [2.45, 2.75) is 39.4 Å². The molecular weight excluding hydrogens is 503 g/mol. The number of halogens is 1. The normalized spacial score (nSPS) is 15.3. The predicted molar refractivity (Wildman–Crippen MR) is 137 cm³/mol. The number of aliphatic imine (C=N–C) groups is 1. The maximum Gasteiger partial charge on any atom is 0.189 e. The van der Waals surface area contributed by atoms with E-state index in [0.717, 1.165) is 18.0 Å². The van der Waals surface area contributed by atoms with Crippen molar-refractivity contribution in [2.24, 2.45) is 16.6 Å². The summed E-state index contributed by atoms with van der Waals surface area (Å²) >= 11 is 0. The first-order valence-corrected chi connectivity index (χ1v) is 10.6. The lowest BCUT2D eigenvalue weighted by molar-refractivity contribution is 0.185. The highest BCUT2D eigenvalue weighted by Gasteiger charge is 2.16. The number of hydrogen-bond acceptors (Lipinski definition) is 4. The van der Waals surface area contributed by atoms with E-state index in [1.165, 1.54) is 37.1 Å². The molecule has 0 unspecified atom stereocenters. The van der Waals surface area contributed by atoms with Crippen molar-refractivity contribution in [1.29, 1.82) is 0 Å². The average Bonchev–Trinajstić information content (AvgIpc) is 2.78. The van der Waals surface area contributed by atoms with E-state index >= 15 is 0 Å². The maximum atomic E-state index is 6.12. The molecule has 2 aromatic rings. The van der Waals surface area contributed by atoms with Crippen LogP contribution in [0.5, 0.6) is 11.5 Å². The predicted octanol–water partition coefficient (Wildman–Crippen LogP) is 4.16. The molecule has 7 heteroatoms. The van der Waals surface area contributed by atoms with Gasteiger partial charge in [-0.15, -0.1) is 24.0 Å². The summed E-state index contributed by atoms with van der Waals surface area (Å²) in [5.74, 6) is 2.68. The van der Waals surface area contributed by atoms with Crippen LogP contribution in [-0.4, -0.2) is 38.2 Å². The molecular formula is C24H35IN4O2. The molecule has 0 bridgehead atoms. The zero-order valence-electron chi connectivity index (χ0n) is 18.8. The third-order valence-corrected chi connectivity index (χ3v) is 5.73. The fourth-order valence-electron chi connectivity index (χ4n) is 3.74. The van der Waals surface area contributed by atoms with E-state index in [9.17, 15) is 0 Å². The standard InChI is InChI=1S/C24H34N4O2.HI/c1-18-10-12-28(13-11-18)17-21-7-5-4-6-20(21)16-27-24(25)26-15-19-8-9-22(29-2)23(14-19)30-3;/h4-9,14,18H,10-13,15-17H2,1-3H3,(H3,25,26,27);1H. The summed E-state index contributed by atoms with van der Waals surface area (Å²) in [6, 6.07) is 14.3. The molecule has 1 saturated heterocycles. The molecule has 1 aliphatic rings. The van der Waals surface area contributed by atoms with Gasteiger partial charge in [0, 0.05) is 13.1 Å². The largest absolute Gasteiger partial charge is 0.493 e. The maximum absolute atomic E-state index is 6.12. The van der Waals surface area contributed by atoms with Gasteiger partial charge in [-0.1, -0.05) is 37.3 Å². The zero-order chi connectivity index (χ0) is 21.3. The first kappa shape index (κ1) is 25.3. The monoisotopic (exact) mass is 538 g/mol. The first-order valence-electron chi connectivity index (χ1n) is 10.6. The van der Waals surface area contributed by atoms with Crippen LogP contribution in [-0.2, 0) is 19.6 Å². The molecule has 0 atom stereocenters. The number of benzene rings is 2. The van der Waals surface area contributed by atoms with E-state index in [0.29, 0.717) is 30.5 Å². The van der Waals surface area contributed by atoms with Crippen LogP contribution < -0.4 is 20.5 Å². The highest BCUT2D eigenvalue weighted by molar-refractivity contribution is 14.0. The Hall–Kier alpha value is -2.00. The SMILES string of the molecule is COc1ccc(CN=C(N)NCc2ccccc2CN2CCC(C)CC2)cc1OC.I. The molecule has 0 spiro atoms. The van der Waals surface area contributed by atoms with E-state index in [4.69, 9.17) is 15.2 Å². The lowest BCUT2D eigenvalue weighted by Crippen LogP contribution is -2.34. The highest BCUT2D eigenvalue weighted by Crippen LogP contribution is 2.27. The number of nitrogens with two attached hydrogens (primary N) is 1. The van der Waals surface area contributed by atoms with Crippen LogP contribution in [0.15, 0.2) is 47.5 Å². The van der Waals surface area contributed by atoms with Gasteiger partial charge in [0.2, 0.25) is 0 Å². The number of piperidine rings is 1. The molecule has 1 aliphatic heterocycles. The molecule has 170 valence electrons. The van der Waals surface area contributed by atoms with Gasteiger partial charge in [0.05, 0.1) is 20.8 Å². The minimum Gasteiger partial charge on any atom is -0.493 e. The number of likely N-dealkylation sites (tertiary alicyclic amines) is 1. The fourth-order valence-corrected chi connectivity index (χ4v) is 3.74. The summed E-state index contributed by atoms with van der Waals surface area (Å²) in [7, 11) is 3.25. The Bertz CT molecular complexity index is 851. The van der Waals surface area contributed by atoms with Crippen LogP contribution in [0.25, 0.3) is 0 Å². The molecule has 0 saturated carbocycles. The van der Waals surface area contributed by atoms with Gasteiger partial charge in [0.15, 0.2) is 17.5 Å². The van der Waals surface area contributed by atoms with Crippen molar-refractivity contribution in [1.82, 2.24) is 10.2 Å². The molecule has 6 nitrogen and oxygen atoms in total. The molecule has 0 radical (unpaired) electrons. The summed E-state index contributed by atoms with van der Waals surface area (Å²) < 4.78 is 10.6. The average molecular weight is 538 g/mol. The van der Waals surface area contributed by atoms with Gasteiger partial charge >= 0.3 is 0 Å². The number of ether oxygens (including phenoxy) is 2. The van der Waals surface area contributed by atoms with Crippen LogP contribution in [0.2, 0.25) is 0 Å². The van der Waals surface area contributed by atoms with E-state index in [-0.39, 0.29) is 24.0 Å². The molecule has 0 amide bonds. The van der Waals surface area contributed by atoms with Crippen LogP contribution in [0.4, 0.5) is 0 Å². The van der Waals surface area contributed by atoms with E-state index in [1.807, 2.05) is 18.2 Å². The van der Waals surface area contributed by atoms with Crippen molar-refractivity contribution < 1.29 is 9.47 Å². The van der Waals surface area contributed by atoms with Crippen molar-refractivity contribution in [3.63, 3.8) is 0 Å². The second kappa shape index (κ2) is 12.8. The van der Waals surface area contributed by atoms with Gasteiger partial charge in [0.25, 0.3) is 0 Å². The quantitative estimate of drug-likeness (QED) is 0.300. The Labute approximate surface area is 203 Å². The molecule has 3 N–H and O–H groups in total. The molecule has 0 aromatic heterocycles. The minimum atomic E-state index is 0. The summed E-state index contributed by atoms with van der Waals surface area (Å²) in [5, 5.41) is 3.26. The number of guanidine groups is 1. The van der Waals surface area contributed by atoms with Crippen molar-refractivity contribution >= 4 is 29.9 Å². The van der Waals surface area contributed by atoms with E-state index < -0.39 is 0 Å². The van der Waals surface area contributed by atoms with Crippen molar-refractivity contribution in [3.05, 3.63) is 59.2 Å². The fraction of sp³-hybridized carbons (Fsp3) is 0.458. The Kier molecular flexibility index (Phi) is 10.4. The molecule has 1 fully saturated rings. The number of rotatable bonds is 8. The van der Waals surface area contributed by atoms with Crippen LogP contribution in [0.1, 0.15) is 36.5 Å². The zero-order valence-corrected chi connectivity index (χ0v) is 21.1. The van der Waals surface area contributed by atoms with Gasteiger partial charge in [-0.05, 0) is 60.7 Å². The van der Waals surface area contributed by atoms with Crippen molar-refractivity contribution in [2.75, 3.05) is 27.3 Å². The number of nitrogens with one attached hydrogen (secondary N) is 1. The Morgan fingerprint density at radius 2 is 1.74 bits per heavy atom. The summed E-state index contributed by atoms with van der Waals surface area (Å²) in [5.41, 5.74) is 9.75. The topological polar surface area (TPSA) is 72.1 Å². The molecule has 0 aliphatic carbocycles. The van der Waals surface area contributed by atoms with E-state index in [2.05, 4.69) is 46.4 Å². The lowest BCUT2D eigenvalue weighted by Gasteiger charge is -2.30. The van der Waals surface area contributed by atoms with Gasteiger partial charge in [0.1, 0.15) is 0 Å². The molecule has 3 rings (SSSR count). The molecule has 1 heterocycles. The second-order valence-electron chi connectivity index (χ2n) is 7.97. The third-order valence-electron chi connectivity index (χ3n) is 5.73. The lowest BCUT2D eigenvalue weighted by atomic mass is 9.98. The van der Waals surface area contributed by atoms with Crippen LogP contribution in [0, 0.1) is 5.92 Å². The summed E-state index contributed by atoms with van der Waals surface area (Å²) in [4.78, 5) is 7.02. The van der Waals surface area contributed by atoms with Gasteiger partial charge in [-0.3, -0.25) is 4.90 Å². The Balaban J connectivity index is 0.00000341. The van der Waals surface area contributed by atoms with Gasteiger partial charge in [-0.2, -0.15) is 0 Å². The third kappa shape index (κ3) is 7.57. The first-order chi connectivity index (χ1) is 14.6. The second-order valence-corrected chi connectivity index (χ2v) is 7.97. The highest BCUT2D eigenvalue weighted by atomic mass is 127.